The Balaban J connectivity index is 3.37. The van der Waals surface area contributed by atoms with Crippen molar-refractivity contribution < 1.29 is 0 Å². The molecule has 0 aromatic heterocycles. The van der Waals surface area contributed by atoms with E-state index in [1.54, 1.807) is 0 Å². The molecule has 0 nitrogen and oxygen atoms in total. The van der Waals surface area contributed by atoms with Gasteiger partial charge >= 0.3 is 0 Å². The molecule has 0 radical (unpaired) electrons. The van der Waals surface area contributed by atoms with Gasteiger partial charge in [-0.1, -0.05) is 40.3 Å². The predicted molar refractivity (Wildman–Crippen MR) is 61.9 cm³/mol. The number of hydrogen-bond donors (Lipinski definition) is 0. The van der Waals surface area contributed by atoms with E-state index in [1.807, 2.05) is 18.8 Å². The van der Waals surface area contributed by atoms with Crippen LogP contribution in [-0.4, -0.2) is 2.75 Å². The van der Waals surface area contributed by atoms with Crippen LogP contribution < -0.4 is 0 Å². The Hall–Kier alpha value is 2.16. The molecular formula is C4H8I2S2. The van der Waals surface area contributed by atoms with Crippen molar-refractivity contribution in [2.45, 2.75) is 23.0 Å². The Morgan fingerprint density at radius 1 is 1.62 bits per heavy atom. The lowest BCUT2D eigenvalue weighted by Crippen LogP contribution is -2.03. The fourth-order valence-electron chi connectivity index (χ4n) is 0.125. The second-order valence-electron chi connectivity index (χ2n) is 1.60. The molecule has 0 saturated carbocycles. The largest absolute Gasteiger partial charge is 0.0753 e. The number of rotatable bonds is 3. The van der Waals surface area contributed by atoms with E-state index in [0.717, 1.165) is 0 Å². The average molecular weight is 374 g/mol. The van der Waals surface area contributed by atoms with Gasteiger partial charge in [0.25, 0.3) is 0 Å². The van der Waals surface area contributed by atoms with Crippen LogP contribution in [-0.2, 0) is 0 Å². The molecular weight excluding hydrogens is 366 g/mol. The van der Waals surface area contributed by atoms with Gasteiger partial charge in [-0.3, -0.25) is 0 Å². The molecule has 0 aliphatic carbocycles. The van der Waals surface area contributed by atoms with Crippen LogP contribution in [0.25, 0.3) is 0 Å². The van der Waals surface area contributed by atoms with Crippen molar-refractivity contribution in [2.24, 2.45) is 0 Å². The van der Waals surface area contributed by atoms with E-state index in [-0.39, 0.29) is 0 Å². The van der Waals surface area contributed by atoms with Crippen molar-refractivity contribution in [1.82, 2.24) is 0 Å². The van der Waals surface area contributed by atoms with Crippen LogP contribution in [0.5, 0.6) is 0 Å². The Morgan fingerprint density at radius 2 is 2.12 bits per heavy atom. The summed E-state index contributed by atoms with van der Waals surface area (Å²) in [5.74, 6) is 0. The van der Waals surface area contributed by atoms with E-state index >= 15 is 0 Å². The molecule has 0 rings (SSSR count). The zero-order valence-electron chi connectivity index (χ0n) is 4.78. The monoisotopic (exact) mass is 374 g/mol. The minimum absolute atomic E-state index is 0.434. The first-order valence-corrected chi connectivity index (χ1v) is 8.05. The minimum Gasteiger partial charge on any atom is -0.0663 e. The molecule has 0 heterocycles. The van der Waals surface area contributed by atoms with Gasteiger partial charge in [-0.25, -0.2) is 0 Å². The van der Waals surface area contributed by atoms with E-state index in [1.165, 1.54) is 6.42 Å². The third kappa shape index (κ3) is 4.99. The molecule has 0 amide bonds. The van der Waals surface area contributed by atoms with Gasteiger partial charge < -0.3 is 0 Å². The van der Waals surface area contributed by atoms with Crippen LogP contribution in [0.3, 0.4) is 0 Å². The van der Waals surface area contributed by atoms with Crippen LogP contribution in [0, 0.1) is 0 Å². The molecule has 1 unspecified atom stereocenters. The van der Waals surface area contributed by atoms with Crippen molar-refractivity contribution in [3.8, 4) is 0 Å². The van der Waals surface area contributed by atoms with Crippen molar-refractivity contribution in [2.75, 3.05) is 0 Å². The SMILES string of the molecule is CCC(C)(I)SSI. The summed E-state index contributed by atoms with van der Waals surface area (Å²) < 4.78 is 0.434. The summed E-state index contributed by atoms with van der Waals surface area (Å²) in [5.41, 5.74) is 0. The molecule has 0 aromatic rings. The van der Waals surface area contributed by atoms with Crippen molar-refractivity contribution in [3.05, 3.63) is 0 Å². The molecule has 8 heavy (non-hydrogen) atoms. The van der Waals surface area contributed by atoms with E-state index in [0.29, 0.717) is 2.75 Å². The van der Waals surface area contributed by atoms with Crippen LogP contribution in [0.4, 0.5) is 0 Å². The molecule has 0 fully saturated rings. The molecule has 1 atom stereocenters. The van der Waals surface area contributed by atoms with Gasteiger partial charge in [0.1, 0.15) is 0 Å². The van der Waals surface area contributed by atoms with Crippen molar-refractivity contribution in [1.29, 1.82) is 0 Å². The summed E-state index contributed by atoms with van der Waals surface area (Å²) in [6.45, 7) is 4.47. The van der Waals surface area contributed by atoms with Gasteiger partial charge in [-0.05, 0) is 21.3 Å². The summed E-state index contributed by atoms with van der Waals surface area (Å²) in [4.78, 5) is 0. The topological polar surface area (TPSA) is 0 Å². The highest BCUT2D eigenvalue weighted by Gasteiger charge is 2.16. The second-order valence-corrected chi connectivity index (χ2v) is 10.0. The Kier molecular flexibility index (Phi) is 6.22. The molecule has 50 valence electrons. The highest BCUT2D eigenvalue weighted by Crippen LogP contribution is 2.46. The van der Waals surface area contributed by atoms with Gasteiger partial charge in [0.2, 0.25) is 0 Å². The fourth-order valence-corrected chi connectivity index (χ4v) is 8.60. The molecule has 0 saturated heterocycles. The molecule has 0 spiro atoms. The first-order valence-electron chi connectivity index (χ1n) is 2.27. The summed E-state index contributed by atoms with van der Waals surface area (Å²) in [6, 6.07) is 0. The van der Waals surface area contributed by atoms with E-state index < -0.39 is 0 Å². The minimum atomic E-state index is 0.434. The predicted octanol–water partition coefficient (Wildman–Crippen LogP) is 4.28. The lowest BCUT2D eigenvalue weighted by Gasteiger charge is -2.15. The molecule has 0 bridgehead atoms. The summed E-state index contributed by atoms with van der Waals surface area (Å²) in [6.07, 6.45) is 1.23. The Labute approximate surface area is 84.5 Å². The first kappa shape index (κ1) is 10.2. The maximum absolute atomic E-state index is 2.48. The van der Waals surface area contributed by atoms with E-state index in [9.17, 15) is 0 Å². The fraction of sp³-hybridized carbons (Fsp3) is 1.00. The smallest absolute Gasteiger partial charge is 0.0663 e. The van der Waals surface area contributed by atoms with Crippen LogP contribution in [0.1, 0.15) is 20.3 Å². The highest BCUT2D eigenvalue weighted by atomic mass is 127. The Morgan fingerprint density at radius 3 is 2.25 bits per heavy atom. The summed E-state index contributed by atoms with van der Waals surface area (Å²) >= 11 is 4.79. The lowest BCUT2D eigenvalue weighted by atomic mass is 10.4. The number of alkyl halides is 1. The first-order chi connectivity index (χ1) is 3.62. The van der Waals surface area contributed by atoms with Crippen molar-refractivity contribution in [3.63, 3.8) is 0 Å². The number of hydrogen-bond acceptors (Lipinski definition) is 2. The molecule has 0 aliphatic heterocycles. The zero-order valence-corrected chi connectivity index (χ0v) is 10.7. The van der Waals surface area contributed by atoms with Crippen molar-refractivity contribution >= 4 is 62.6 Å². The maximum atomic E-state index is 2.48. The van der Waals surface area contributed by atoms with Gasteiger partial charge in [-0.2, -0.15) is 0 Å². The molecule has 0 aliphatic rings. The van der Waals surface area contributed by atoms with Gasteiger partial charge in [0.15, 0.2) is 0 Å². The average Bonchev–Trinajstić information content (AvgIpc) is 1.67. The van der Waals surface area contributed by atoms with Crippen LogP contribution >= 0.6 is 62.6 Å². The number of halogens is 2. The normalized spacial score (nSPS) is 18.0. The molecule has 0 N–H and O–H groups in total. The summed E-state index contributed by atoms with van der Waals surface area (Å²) in [5, 5.41) is 0. The zero-order chi connectivity index (χ0) is 6.62. The van der Waals surface area contributed by atoms with Gasteiger partial charge in [-0.15, -0.1) is 0 Å². The standard InChI is InChI=1S/C4H8I2S2/c1-3-4(2,5)7-8-6/h3H2,1-2H3. The van der Waals surface area contributed by atoms with Gasteiger partial charge in [0, 0.05) is 21.2 Å². The maximum Gasteiger partial charge on any atom is 0.0753 e. The molecule has 4 heteroatoms. The second kappa shape index (κ2) is 4.90. The molecule has 0 aromatic carbocycles. The van der Waals surface area contributed by atoms with Crippen LogP contribution in [0.15, 0.2) is 0 Å². The lowest BCUT2D eigenvalue weighted by molar-refractivity contribution is 0.886. The Bertz CT molecular complexity index is 65.1. The highest BCUT2D eigenvalue weighted by molar-refractivity contribution is 14.2. The third-order valence-corrected chi connectivity index (χ3v) is 6.77. The quantitative estimate of drug-likeness (QED) is 0.411. The third-order valence-electron chi connectivity index (χ3n) is 0.837. The van der Waals surface area contributed by atoms with Crippen LogP contribution in [0.2, 0.25) is 0 Å². The van der Waals surface area contributed by atoms with E-state index in [4.69, 9.17) is 0 Å². The summed E-state index contributed by atoms with van der Waals surface area (Å²) in [7, 11) is 3.74. The van der Waals surface area contributed by atoms with Gasteiger partial charge in [0.05, 0.1) is 2.75 Å². The van der Waals surface area contributed by atoms with E-state index in [2.05, 4.69) is 57.6 Å².